The Kier molecular flexibility index (Phi) is 3.15. The molecule has 0 aliphatic rings. The van der Waals surface area contributed by atoms with Crippen LogP contribution in [0.4, 0.5) is 5.69 Å². The summed E-state index contributed by atoms with van der Waals surface area (Å²) in [5.41, 5.74) is 0.529. The zero-order valence-electron chi connectivity index (χ0n) is 8.01. The Morgan fingerprint density at radius 3 is 2.50 bits per heavy atom. The lowest BCUT2D eigenvalue weighted by Gasteiger charge is -2.05. The molecule has 0 aliphatic heterocycles. The number of benzene rings is 1. The quantitative estimate of drug-likeness (QED) is 0.830. The van der Waals surface area contributed by atoms with E-state index < -0.39 is 10.0 Å². The Balaban J connectivity index is 2.25. The van der Waals surface area contributed by atoms with E-state index in [1.807, 2.05) is 12.1 Å². The molecule has 2 rings (SSSR count). The zero-order valence-corrected chi connectivity index (χ0v) is 11.0. The number of hydrogen-bond donors (Lipinski definition) is 2. The van der Waals surface area contributed by atoms with Crippen molar-refractivity contribution in [2.24, 2.45) is 0 Å². The maximum Gasteiger partial charge on any atom is 0.265 e. The van der Waals surface area contributed by atoms with Crippen molar-refractivity contribution in [2.45, 2.75) is 4.90 Å². The summed E-state index contributed by atoms with van der Waals surface area (Å²) in [5.74, 6) is 0. The van der Waals surface area contributed by atoms with E-state index in [1.165, 1.54) is 12.4 Å². The summed E-state index contributed by atoms with van der Waals surface area (Å²) in [7, 11) is -3.53. The SMILES string of the molecule is O=S(=O)(Nc1ccc(I)cc1)c1cn[nH]c1. The minimum absolute atomic E-state index is 0.117. The second kappa shape index (κ2) is 4.42. The molecular formula is C9H8IN3O2S. The van der Waals surface area contributed by atoms with E-state index in [1.54, 1.807) is 12.1 Å². The van der Waals surface area contributed by atoms with Gasteiger partial charge in [0, 0.05) is 15.5 Å². The minimum atomic E-state index is -3.53. The van der Waals surface area contributed by atoms with Crippen LogP contribution in [0.1, 0.15) is 0 Å². The van der Waals surface area contributed by atoms with Crippen LogP contribution in [0.15, 0.2) is 41.6 Å². The van der Waals surface area contributed by atoms with Crippen LogP contribution in [0.25, 0.3) is 0 Å². The van der Waals surface area contributed by atoms with Crippen LogP contribution in [0.3, 0.4) is 0 Å². The normalized spacial score (nSPS) is 11.3. The topological polar surface area (TPSA) is 74.8 Å². The van der Waals surface area contributed by atoms with Gasteiger partial charge in [-0.1, -0.05) is 0 Å². The number of aromatic nitrogens is 2. The van der Waals surface area contributed by atoms with Crippen molar-refractivity contribution >= 4 is 38.3 Å². The first-order valence-electron chi connectivity index (χ1n) is 4.35. The van der Waals surface area contributed by atoms with E-state index >= 15 is 0 Å². The zero-order chi connectivity index (χ0) is 11.6. The number of H-pyrrole nitrogens is 1. The standard InChI is InChI=1S/C9H8IN3O2S/c10-7-1-3-8(4-2-7)13-16(14,15)9-5-11-12-6-9/h1-6,13H,(H,11,12). The molecule has 7 heteroatoms. The van der Waals surface area contributed by atoms with Crippen molar-refractivity contribution in [3.8, 4) is 0 Å². The third-order valence-corrected chi connectivity index (χ3v) is 3.95. The lowest BCUT2D eigenvalue weighted by Crippen LogP contribution is -2.12. The summed E-state index contributed by atoms with van der Waals surface area (Å²) >= 11 is 2.15. The number of sulfonamides is 1. The van der Waals surface area contributed by atoms with Gasteiger partial charge in [-0.15, -0.1) is 0 Å². The highest BCUT2D eigenvalue weighted by Gasteiger charge is 2.14. The van der Waals surface area contributed by atoms with E-state index in [4.69, 9.17) is 0 Å². The second-order valence-corrected chi connectivity index (χ2v) is 5.97. The number of nitrogens with zero attached hydrogens (tertiary/aromatic N) is 1. The highest BCUT2D eigenvalue weighted by atomic mass is 127. The first-order valence-corrected chi connectivity index (χ1v) is 6.91. The third-order valence-electron chi connectivity index (χ3n) is 1.88. The van der Waals surface area contributed by atoms with Crippen LogP contribution >= 0.6 is 22.6 Å². The average Bonchev–Trinajstić information content (AvgIpc) is 2.75. The van der Waals surface area contributed by atoms with Crippen LogP contribution in [0.5, 0.6) is 0 Å². The number of aromatic amines is 1. The fraction of sp³-hybridized carbons (Fsp3) is 0. The van der Waals surface area contributed by atoms with Gasteiger partial charge in [-0.2, -0.15) is 5.10 Å². The molecule has 0 amide bonds. The Labute approximate surface area is 106 Å². The lowest BCUT2D eigenvalue weighted by atomic mass is 10.3. The van der Waals surface area contributed by atoms with E-state index in [9.17, 15) is 8.42 Å². The third kappa shape index (κ3) is 2.53. The van der Waals surface area contributed by atoms with Gasteiger partial charge >= 0.3 is 0 Å². The molecule has 0 saturated carbocycles. The van der Waals surface area contributed by atoms with Gasteiger partial charge in [0.2, 0.25) is 0 Å². The fourth-order valence-electron chi connectivity index (χ4n) is 1.12. The van der Waals surface area contributed by atoms with Crippen molar-refractivity contribution in [1.82, 2.24) is 10.2 Å². The molecule has 0 spiro atoms. The van der Waals surface area contributed by atoms with E-state index in [-0.39, 0.29) is 4.90 Å². The number of hydrogen-bond acceptors (Lipinski definition) is 3. The van der Waals surface area contributed by atoms with Crippen LogP contribution in [-0.4, -0.2) is 18.6 Å². The molecule has 5 nitrogen and oxygen atoms in total. The lowest BCUT2D eigenvalue weighted by molar-refractivity contribution is 0.601. The van der Waals surface area contributed by atoms with Crippen molar-refractivity contribution in [2.75, 3.05) is 4.72 Å². The maximum atomic E-state index is 11.8. The van der Waals surface area contributed by atoms with Crippen LogP contribution in [0.2, 0.25) is 0 Å². The Morgan fingerprint density at radius 2 is 1.94 bits per heavy atom. The molecule has 0 unspecified atom stereocenters. The minimum Gasteiger partial charge on any atom is -0.284 e. The van der Waals surface area contributed by atoms with Gasteiger partial charge in [0.15, 0.2) is 0 Å². The van der Waals surface area contributed by atoms with E-state index in [2.05, 4.69) is 37.5 Å². The Bertz CT molecular complexity index is 563. The predicted octanol–water partition coefficient (Wildman–Crippen LogP) is 1.82. The summed E-state index contributed by atoms with van der Waals surface area (Å²) in [6.07, 6.45) is 2.59. The molecule has 16 heavy (non-hydrogen) atoms. The van der Waals surface area contributed by atoms with Crippen molar-refractivity contribution in [3.63, 3.8) is 0 Å². The van der Waals surface area contributed by atoms with Crippen LogP contribution in [0, 0.1) is 3.57 Å². The molecule has 0 bridgehead atoms. The van der Waals surface area contributed by atoms with Gasteiger partial charge in [0.25, 0.3) is 10.0 Å². The molecule has 0 aliphatic carbocycles. The van der Waals surface area contributed by atoms with E-state index in [0.29, 0.717) is 5.69 Å². The van der Waals surface area contributed by atoms with Gasteiger partial charge in [-0.25, -0.2) is 8.42 Å². The van der Waals surface area contributed by atoms with Gasteiger partial charge in [-0.05, 0) is 46.9 Å². The number of anilines is 1. The Hall–Kier alpha value is -1.09. The smallest absolute Gasteiger partial charge is 0.265 e. The predicted molar refractivity (Wildman–Crippen MR) is 68.6 cm³/mol. The molecule has 0 saturated heterocycles. The highest BCUT2D eigenvalue weighted by Crippen LogP contribution is 2.16. The molecule has 1 heterocycles. The highest BCUT2D eigenvalue weighted by molar-refractivity contribution is 14.1. The number of halogens is 1. The molecule has 1 aromatic heterocycles. The van der Waals surface area contributed by atoms with Crippen molar-refractivity contribution in [1.29, 1.82) is 0 Å². The van der Waals surface area contributed by atoms with Gasteiger partial charge in [0.05, 0.1) is 6.20 Å². The maximum absolute atomic E-state index is 11.8. The van der Waals surface area contributed by atoms with Gasteiger partial charge in [-0.3, -0.25) is 9.82 Å². The molecule has 0 atom stereocenters. The summed E-state index contributed by atoms with van der Waals surface area (Å²) in [5, 5.41) is 6.06. The van der Waals surface area contributed by atoms with Crippen molar-refractivity contribution in [3.05, 3.63) is 40.2 Å². The number of nitrogens with one attached hydrogen (secondary N) is 2. The van der Waals surface area contributed by atoms with Crippen molar-refractivity contribution < 1.29 is 8.42 Å². The molecule has 84 valence electrons. The second-order valence-electron chi connectivity index (χ2n) is 3.05. The molecule has 0 radical (unpaired) electrons. The first-order chi connectivity index (χ1) is 7.58. The average molecular weight is 349 g/mol. The molecule has 2 N–H and O–H groups in total. The van der Waals surface area contributed by atoms with E-state index in [0.717, 1.165) is 3.57 Å². The van der Waals surface area contributed by atoms with Crippen LogP contribution in [-0.2, 0) is 10.0 Å². The van der Waals surface area contributed by atoms with Gasteiger partial charge < -0.3 is 0 Å². The largest absolute Gasteiger partial charge is 0.284 e. The summed E-state index contributed by atoms with van der Waals surface area (Å²) in [4.78, 5) is 0.117. The first kappa shape index (κ1) is 11.4. The molecular weight excluding hydrogens is 341 g/mol. The summed E-state index contributed by atoms with van der Waals surface area (Å²) in [6, 6.07) is 7.07. The molecule has 1 aromatic carbocycles. The monoisotopic (exact) mass is 349 g/mol. The Morgan fingerprint density at radius 1 is 1.25 bits per heavy atom. The molecule has 0 fully saturated rings. The summed E-state index contributed by atoms with van der Waals surface area (Å²) in [6.45, 7) is 0. The van der Waals surface area contributed by atoms with Gasteiger partial charge in [0.1, 0.15) is 4.90 Å². The number of rotatable bonds is 3. The fourth-order valence-corrected chi connectivity index (χ4v) is 2.44. The summed E-state index contributed by atoms with van der Waals surface area (Å²) < 4.78 is 27.1. The van der Waals surface area contributed by atoms with Crippen LogP contribution < -0.4 is 4.72 Å². The molecule has 2 aromatic rings.